The van der Waals surface area contributed by atoms with E-state index in [2.05, 4.69) is 42.3 Å². The van der Waals surface area contributed by atoms with Gasteiger partial charge in [0.2, 0.25) is 0 Å². The van der Waals surface area contributed by atoms with Gasteiger partial charge in [-0.1, -0.05) is 24.3 Å². The predicted molar refractivity (Wildman–Crippen MR) is 88.3 cm³/mol. The summed E-state index contributed by atoms with van der Waals surface area (Å²) in [5.74, 6) is 3.12. The van der Waals surface area contributed by atoms with E-state index in [0.29, 0.717) is 5.41 Å². The van der Waals surface area contributed by atoms with Crippen molar-refractivity contribution in [3.63, 3.8) is 0 Å². The molecule has 0 spiro atoms. The fourth-order valence-corrected chi connectivity index (χ4v) is 6.36. The molecule has 1 aromatic carbocycles. The summed E-state index contributed by atoms with van der Waals surface area (Å²) in [5.41, 5.74) is 5.17. The highest BCUT2D eigenvalue weighted by molar-refractivity contribution is 5.73. The van der Waals surface area contributed by atoms with Crippen LogP contribution in [0.3, 0.4) is 0 Å². The molecule has 1 heteroatoms. The van der Waals surface area contributed by atoms with E-state index >= 15 is 0 Å². The van der Waals surface area contributed by atoms with E-state index < -0.39 is 0 Å². The van der Waals surface area contributed by atoms with Gasteiger partial charge in [-0.05, 0) is 78.9 Å². The first kappa shape index (κ1) is 12.3. The van der Waals surface area contributed by atoms with Gasteiger partial charge in [0.1, 0.15) is 0 Å². The molecule has 0 saturated heterocycles. The number of hydrogen-bond acceptors (Lipinski definition) is 1. The molecule has 0 atom stereocenters. The summed E-state index contributed by atoms with van der Waals surface area (Å²) in [5, 5.41) is 0. The van der Waals surface area contributed by atoms with Gasteiger partial charge in [-0.2, -0.15) is 0 Å². The van der Waals surface area contributed by atoms with Gasteiger partial charge in [0.25, 0.3) is 0 Å². The third kappa shape index (κ3) is 1.76. The molecule has 0 radical (unpaired) electrons. The van der Waals surface area contributed by atoms with Crippen molar-refractivity contribution in [2.75, 3.05) is 18.5 Å². The van der Waals surface area contributed by atoms with Crippen LogP contribution in [0.15, 0.2) is 29.8 Å². The van der Waals surface area contributed by atoms with Crippen LogP contribution >= 0.6 is 0 Å². The van der Waals surface area contributed by atoms with Crippen molar-refractivity contribution in [3.8, 4) is 0 Å². The number of likely N-dealkylation sites (N-methyl/N-ethyl adjacent to an activating group) is 1. The first-order chi connectivity index (χ1) is 10.2. The second-order valence-electron chi connectivity index (χ2n) is 8.28. The lowest BCUT2D eigenvalue weighted by Crippen LogP contribution is -2.48. The van der Waals surface area contributed by atoms with E-state index in [1.54, 1.807) is 5.57 Å². The van der Waals surface area contributed by atoms with Crippen LogP contribution in [0.2, 0.25) is 0 Å². The van der Waals surface area contributed by atoms with Gasteiger partial charge in [-0.3, -0.25) is 0 Å². The van der Waals surface area contributed by atoms with E-state index in [1.807, 2.05) is 0 Å². The smallest absolute Gasteiger partial charge is 0.0440 e. The van der Waals surface area contributed by atoms with Crippen LogP contribution in [0.5, 0.6) is 0 Å². The van der Waals surface area contributed by atoms with Gasteiger partial charge in [0, 0.05) is 19.3 Å². The molecule has 1 heterocycles. The molecule has 5 aliphatic rings. The molecule has 21 heavy (non-hydrogen) atoms. The Labute approximate surface area is 128 Å². The van der Waals surface area contributed by atoms with Crippen LogP contribution in [0.1, 0.15) is 44.1 Å². The second-order valence-corrected chi connectivity index (χ2v) is 8.28. The maximum atomic E-state index is 2.56. The molecule has 4 aliphatic carbocycles. The topological polar surface area (TPSA) is 3.24 Å². The second kappa shape index (κ2) is 4.15. The zero-order chi connectivity index (χ0) is 14.0. The lowest BCUT2D eigenvalue weighted by molar-refractivity contribution is -0.0305. The first-order valence-electron chi connectivity index (χ1n) is 8.73. The third-order valence-corrected chi connectivity index (χ3v) is 6.80. The van der Waals surface area contributed by atoms with Crippen molar-refractivity contribution < 1.29 is 0 Å². The van der Waals surface area contributed by atoms with Crippen molar-refractivity contribution in [3.05, 3.63) is 35.4 Å². The molecule has 4 fully saturated rings. The number of benzene rings is 1. The van der Waals surface area contributed by atoms with Crippen LogP contribution < -0.4 is 4.90 Å². The van der Waals surface area contributed by atoms with Crippen molar-refractivity contribution in [1.82, 2.24) is 0 Å². The fraction of sp³-hybridized carbons (Fsp3) is 0.600. The molecule has 0 amide bonds. The maximum Gasteiger partial charge on any atom is 0.0440 e. The predicted octanol–water partition coefficient (Wildman–Crippen LogP) is 4.74. The summed E-state index contributed by atoms with van der Waals surface area (Å²) < 4.78 is 0. The van der Waals surface area contributed by atoms with Crippen molar-refractivity contribution >= 4 is 11.8 Å². The molecule has 0 unspecified atom stereocenters. The van der Waals surface area contributed by atoms with Crippen LogP contribution in [0.25, 0.3) is 6.08 Å². The van der Waals surface area contributed by atoms with Crippen molar-refractivity contribution in [2.24, 2.45) is 23.2 Å². The average molecular weight is 279 g/mol. The quantitative estimate of drug-likeness (QED) is 0.718. The van der Waals surface area contributed by atoms with Crippen molar-refractivity contribution in [2.45, 2.75) is 38.5 Å². The molecule has 4 bridgehead atoms. The number of anilines is 1. The Morgan fingerprint density at radius 1 is 0.952 bits per heavy atom. The zero-order valence-electron chi connectivity index (χ0n) is 13.0. The Hall–Kier alpha value is -1.24. The van der Waals surface area contributed by atoms with Crippen LogP contribution in [0, 0.1) is 23.2 Å². The molecule has 4 saturated carbocycles. The highest BCUT2D eigenvalue weighted by Gasteiger charge is 2.52. The molecule has 110 valence electrons. The van der Waals surface area contributed by atoms with Gasteiger partial charge >= 0.3 is 0 Å². The van der Waals surface area contributed by atoms with Gasteiger partial charge in [-0.15, -0.1) is 0 Å². The first-order valence-corrected chi connectivity index (χ1v) is 8.73. The zero-order valence-corrected chi connectivity index (χ0v) is 13.0. The number of nitrogens with zero attached hydrogens (tertiary/aromatic N) is 1. The minimum absolute atomic E-state index is 0.566. The Morgan fingerprint density at radius 2 is 1.57 bits per heavy atom. The van der Waals surface area contributed by atoms with Gasteiger partial charge < -0.3 is 4.90 Å². The van der Waals surface area contributed by atoms with Crippen LogP contribution in [0.4, 0.5) is 5.69 Å². The number of rotatable bonds is 1. The lowest BCUT2D eigenvalue weighted by Gasteiger charge is -2.58. The Bertz CT molecular complexity index is 577. The molecule has 0 aromatic heterocycles. The third-order valence-electron chi connectivity index (χ3n) is 6.80. The Kier molecular flexibility index (Phi) is 2.43. The summed E-state index contributed by atoms with van der Waals surface area (Å²) in [7, 11) is 2.27. The highest BCUT2D eigenvalue weighted by Crippen LogP contribution is 2.63. The van der Waals surface area contributed by atoms with E-state index in [-0.39, 0.29) is 0 Å². The molecule has 1 nitrogen and oxygen atoms in total. The molecule has 6 rings (SSSR count). The average Bonchev–Trinajstić information content (AvgIpc) is 2.46. The fourth-order valence-electron chi connectivity index (χ4n) is 6.36. The van der Waals surface area contributed by atoms with E-state index in [9.17, 15) is 0 Å². The van der Waals surface area contributed by atoms with Gasteiger partial charge in [-0.25, -0.2) is 0 Å². The van der Waals surface area contributed by atoms with E-state index in [0.717, 1.165) is 24.3 Å². The number of fused-ring (bicyclic) bond motifs is 1. The minimum atomic E-state index is 0.566. The molecular weight excluding hydrogens is 254 g/mol. The summed E-state index contributed by atoms with van der Waals surface area (Å²) in [6.45, 7) is 1.16. The summed E-state index contributed by atoms with van der Waals surface area (Å²) in [4.78, 5) is 2.48. The Morgan fingerprint density at radius 3 is 2.24 bits per heavy atom. The van der Waals surface area contributed by atoms with Crippen LogP contribution in [-0.4, -0.2) is 13.6 Å². The molecule has 0 N–H and O–H groups in total. The maximum absolute atomic E-state index is 2.56. The number of hydrogen-bond donors (Lipinski definition) is 0. The van der Waals surface area contributed by atoms with Gasteiger partial charge in [0.15, 0.2) is 0 Å². The monoisotopic (exact) mass is 279 g/mol. The largest absolute Gasteiger partial charge is 0.370 e. The highest BCUT2D eigenvalue weighted by atomic mass is 15.1. The van der Waals surface area contributed by atoms with E-state index in [1.165, 1.54) is 49.8 Å². The molecule has 1 aliphatic heterocycles. The summed E-state index contributed by atoms with van der Waals surface area (Å²) >= 11 is 0. The summed E-state index contributed by atoms with van der Waals surface area (Å²) in [6.07, 6.45) is 11.6. The van der Waals surface area contributed by atoms with Gasteiger partial charge in [0.05, 0.1) is 0 Å². The standard InChI is InChI=1S/C20H25N/c1-21-13-18(9-17-4-2-3-5-19(17)21)20-10-14-6-15(11-20)8-16(7-14)12-20/h2-5,9,14-16H,6-8,10-13H2,1H3. The van der Waals surface area contributed by atoms with Crippen molar-refractivity contribution in [1.29, 1.82) is 0 Å². The Balaban J connectivity index is 1.58. The normalized spacial score (nSPS) is 40.1. The summed E-state index contributed by atoms with van der Waals surface area (Å²) in [6, 6.07) is 8.92. The minimum Gasteiger partial charge on any atom is -0.370 e. The molecular formula is C20H25N. The lowest BCUT2D eigenvalue weighted by atomic mass is 9.47. The number of para-hydroxylation sites is 1. The van der Waals surface area contributed by atoms with E-state index in [4.69, 9.17) is 0 Å². The SMILES string of the molecule is CN1CC(C23CC4CC(CC(C4)C2)C3)=Cc2ccccc21. The molecule has 1 aromatic rings. The van der Waals surface area contributed by atoms with Crippen LogP contribution in [-0.2, 0) is 0 Å².